The van der Waals surface area contributed by atoms with Crippen molar-refractivity contribution in [3.8, 4) is 0 Å². The van der Waals surface area contributed by atoms with Gasteiger partial charge < -0.3 is 0 Å². The lowest BCUT2D eigenvalue weighted by Crippen LogP contribution is -2.48. The van der Waals surface area contributed by atoms with E-state index < -0.39 is 0 Å². The molecule has 8 bridgehead atoms. The molecule has 308 valence electrons. The minimum atomic E-state index is -0.192. The van der Waals surface area contributed by atoms with Crippen LogP contribution in [-0.4, -0.2) is 56.0 Å². The van der Waals surface area contributed by atoms with Crippen LogP contribution in [0.15, 0.2) is 46.2 Å². The number of rotatable bonds is 10. The fraction of sp³-hybridized carbons (Fsp3) is 0.538. The molecule has 5 aromatic carbocycles. The molecule has 8 aliphatic carbocycles. The highest BCUT2D eigenvalue weighted by atomic mass is 32.2. The zero-order chi connectivity index (χ0) is 40.4. The van der Waals surface area contributed by atoms with Crippen LogP contribution in [0.1, 0.15) is 158 Å². The van der Waals surface area contributed by atoms with Crippen LogP contribution in [0.2, 0.25) is 0 Å². The van der Waals surface area contributed by atoms with Gasteiger partial charge in [0.1, 0.15) is 0 Å². The Labute approximate surface area is 360 Å². The summed E-state index contributed by atoms with van der Waals surface area (Å²) in [5.74, 6) is 3.91. The zero-order valence-corrected chi connectivity index (χ0v) is 36.6. The van der Waals surface area contributed by atoms with Gasteiger partial charge in [-0.1, -0.05) is 38.8 Å². The molecule has 6 nitrogen and oxygen atoms in total. The summed E-state index contributed by atoms with van der Waals surface area (Å²) < 4.78 is 0.243. The third kappa shape index (κ3) is 5.10. The molecule has 0 N–H and O–H groups in total. The monoisotopic (exact) mass is 834 g/mol. The van der Waals surface area contributed by atoms with Crippen LogP contribution < -0.4 is 0 Å². The number of nitrogens with zero attached hydrogens (tertiary/aromatic N) is 2. The maximum absolute atomic E-state index is 14.8. The van der Waals surface area contributed by atoms with Crippen molar-refractivity contribution in [2.24, 2.45) is 35.5 Å². The van der Waals surface area contributed by atoms with Crippen molar-refractivity contribution >= 4 is 90.2 Å². The van der Waals surface area contributed by atoms with E-state index >= 15 is 0 Å². The summed E-state index contributed by atoms with van der Waals surface area (Å²) in [4.78, 5) is 63.9. The third-order valence-electron chi connectivity index (χ3n) is 17.0. The van der Waals surface area contributed by atoms with Gasteiger partial charge in [-0.2, -0.15) is 0 Å². The van der Waals surface area contributed by atoms with E-state index in [1.165, 1.54) is 86.8 Å². The first-order chi connectivity index (χ1) is 29.1. The van der Waals surface area contributed by atoms with E-state index in [0.717, 1.165) is 114 Å². The smallest absolute Gasteiger partial charge is 0.261 e. The van der Waals surface area contributed by atoms with E-state index in [0.29, 0.717) is 35.3 Å². The molecule has 0 unspecified atom stereocenters. The molecule has 8 fully saturated rings. The van der Waals surface area contributed by atoms with Crippen molar-refractivity contribution < 1.29 is 19.2 Å². The van der Waals surface area contributed by atoms with Gasteiger partial charge in [-0.25, -0.2) is 0 Å². The van der Waals surface area contributed by atoms with Crippen LogP contribution >= 0.6 is 23.5 Å². The zero-order valence-electron chi connectivity index (χ0n) is 35.0. The normalized spacial score (nSPS) is 32.4. The van der Waals surface area contributed by atoms with Gasteiger partial charge >= 0.3 is 0 Å². The minimum Gasteiger partial charge on any atom is -0.274 e. The van der Waals surface area contributed by atoms with E-state index in [1.54, 1.807) is 0 Å². The largest absolute Gasteiger partial charge is 0.274 e. The second kappa shape index (κ2) is 13.0. The molecule has 8 saturated carbocycles. The number of thioether (sulfide) groups is 2. The highest BCUT2D eigenvalue weighted by Gasteiger charge is 2.53. The molecule has 0 atom stereocenters. The first kappa shape index (κ1) is 37.0. The van der Waals surface area contributed by atoms with E-state index in [1.807, 2.05) is 35.7 Å². The van der Waals surface area contributed by atoms with Gasteiger partial charge in [0.2, 0.25) is 0 Å². The predicted octanol–water partition coefficient (Wildman–Crippen LogP) is 12.7. The van der Waals surface area contributed by atoms with Crippen molar-refractivity contribution in [3.63, 3.8) is 0 Å². The molecule has 0 saturated heterocycles. The standard InChI is InChI=1S/C52H54N2O4S2/c1-3-5-11-53-47(55)35-9-7-33-44-40(60-52-24-30-16-31(25-52)18-32(17-30)26-52)20-38-42-36(48(56)54(50(38)58)12-6-4-2)10-8-34(46(42)44)43-39(19-37(49(53)57)41(35)45(33)43)59-51-21-27-13-28(22-51)15-29(14-27)23-51/h7-10,19-20,27-32H,3-6,11-18,21-26H2,1-2H3. The maximum Gasteiger partial charge on any atom is 0.261 e. The Kier molecular flexibility index (Phi) is 7.99. The second-order valence-corrected chi connectivity index (χ2v) is 24.1. The maximum atomic E-state index is 14.8. The Morgan fingerprint density at radius 3 is 1.13 bits per heavy atom. The highest BCUT2D eigenvalue weighted by Crippen LogP contribution is 2.65. The molecule has 0 radical (unpaired) electrons. The topological polar surface area (TPSA) is 74.8 Å². The number of hydrogen-bond acceptors (Lipinski definition) is 6. The van der Waals surface area contributed by atoms with Gasteiger partial charge in [-0.15, -0.1) is 23.5 Å². The Morgan fingerprint density at radius 1 is 0.467 bits per heavy atom. The molecule has 60 heavy (non-hydrogen) atoms. The number of carbonyl (C=O) groups is 4. The van der Waals surface area contributed by atoms with E-state index in [2.05, 4.69) is 38.1 Å². The summed E-state index contributed by atoms with van der Waals surface area (Å²) in [6.07, 6.45) is 18.8. The van der Waals surface area contributed by atoms with Gasteiger partial charge in [0.25, 0.3) is 23.6 Å². The fourth-order valence-electron chi connectivity index (χ4n) is 15.5. The van der Waals surface area contributed by atoms with Gasteiger partial charge in [0.15, 0.2) is 0 Å². The number of imide groups is 2. The van der Waals surface area contributed by atoms with Crippen LogP contribution in [-0.2, 0) is 0 Å². The predicted molar refractivity (Wildman–Crippen MR) is 242 cm³/mol. The van der Waals surface area contributed by atoms with E-state index in [-0.39, 0.29) is 33.1 Å². The quantitative estimate of drug-likeness (QED) is 0.0792. The summed E-state index contributed by atoms with van der Waals surface area (Å²) in [7, 11) is 0. The minimum absolute atomic E-state index is 0.122. The number of fused-ring (bicyclic) bond motifs is 2. The van der Waals surface area contributed by atoms with Gasteiger partial charge in [0, 0.05) is 86.9 Å². The third-order valence-corrected chi connectivity index (χ3v) is 20.0. The van der Waals surface area contributed by atoms with Crippen molar-refractivity contribution in [2.75, 3.05) is 13.1 Å². The number of amides is 4. The Balaban J connectivity index is 1.12. The molecule has 0 spiro atoms. The lowest BCUT2D eigenvalue weighted by atomic mass is 9.56. The molecule has 15 rings (SSSR count). The second-order valence-electron chi connectivity index (χ2n) is 21.1. The van der Waals surface area contributed by atoms with Crippen molar-refractivity contribution in [2.45, 2.75) is 136 Å². The molecule has 10 aliphatic rings. The summed E-state index contributed by atoms with van der Waals surface area (Å²) >= 11 is 4.07. The lowest BCUT2D eigenvalue weighted by molar-refractivity contribution is 0.0382. The van der Waals surface area contributed by atoms with Crippen molar-refractivity contribution in [1.82, 2.24) is 9.80 Å². The first-order valence-electron chi connectivity index (χ1n) is 23.5. The van der Waals surface area contributed by atoms with Crippen molar-refractivity contribution in [3.05, 3.63) is 58.7 Å². The molecular formula is C52H54N2O4S2. The SMILES string of the molecule is CCCCN1C(=O)c2ccc3c4c(SC56CC7CC(CC(C7)C5)C6)cc5c6c(ccc(c7c(SC89CC%10CC(CC(C%10)C8)C9)cc(c2c37)C1=O)c64)C(=O)N(CCCC)C5=O. The number of carbonyl (C=O) groups excluding carboxylic acids is 4. The molecule has 4 amide bonds. The average Bonchev–Trinajstić information content (AvgIpc) is 3.20. The van der Waals surface area contributed by atoms with Gasteiger partial charge in [-0.3, -0.25) is 29.0 Å². The number of hydrogen-bond donors (Lipinski definition) is 0. The highest BCUT2D eigenvalue weighted by molar-refractivity contribution is 8.01. The average molecular weight is 835 g/mol. The van der Waals surface area contributed by atoms with Gasteiger partial charge in [-0.05, 0) is 160 Å². The van der Waals surface area contributed by atoms with Gasteiger partial charge in [0.05, 0.1) is 0 Å². The van der Waals surface area contributed by atoms with Crippen LogP contribution in [0.4, 0.5) is 0 Å². The number of benzene rings is 5. The van der Waals surface area contributed by atoms with Crippen LogP contribution in [0.3, 0.4) is 0 Å². The first-order valence-corrected chi connectivity index (χ1v) is 25.2. The number of unbranched alkanes of at least 4 members (excludes halogenated alkanes) is 2. The molecule has 8 heteroatoms. The molecule has 2 heterocycles. The summed E-state index contributed by atoms with van der Waals surface area (Å²) in [5.41, 5.74) is 2.56. The Morgan fingerprint density at radius 2 is 0.800 bits per heavy atom. The van der Waals surface area contributed by atoms with Crippen LogP contribution in [0.5, 0.6) is 0 Å². The Hall–Kier alpha value is -3.62. The molecule has 2 aliphatic heterocycles. The van der Waals surface area contributed by atoms with E-state index in [4.69, 9.17) is 0 Å². The summed E-state index contributed by atoms with van der Waals surface area (Å²) in [6.45, 7) is 5.06. The molecular weight excluding hydrogens is 781 g/mol. The summed E-state index contributed by atoms with van der Waals surface area (Å²) in [6, 6.07) is 12.7. The van der Waals surface area contributed by atoms with E-state index in [9.17, 15) is 19.2 Å². The van der Waals surface area contributed by atoms with Crippen molar-refractivity contribution in [1.29, 1.82) is 0 Å². The molecule has 0 aromatic heterocycles. The van der Waals surface area contributed by atoms with Crippen LogP contribution in [0.25, 0.3) is 43.1 Å². The Bertz CT molecular complexity index is 2510. The molecule has 5 aromatic rings. The fourth-order valence-corrected chi connectivity index (χ4v) is 19.3. The lowest BCUT2D eigenvalue weighted by Gasteiger charge is -2.56. The van der Waals surface area contributed by atoms with Crippen LogP contribution in [0, 0.1) is 35.5 Å². The summed E-state index contributed by atoms with van der Waals surface area (Å²) in [5, 5.41) is 7.94.